The number of carbonyl (C=O) groups is 1. The van der Waals surface area contributed by atoms with Gasteiger partial charge in [0.2, 0.25) is 0 Å². The predicted molar refractivity (Wildman–Crippen MR) is 66.7 cm³/mol. The molecule has 0 bridgehead atoms. The Morgan fingerprint density at radius 3 is 2.65 bits per heavy atom. The van der Waals surface area contributed by atoms with Crippen LogP contribution in [-0.2, 0) is 11.8 Å². The molecule has 0 spiro atoms. The maximum Gasteiger partial charge on any atom is 0.347 e. The molecule has 0 aliphatic rings. The molecule has 0 aliphatic heterocycles. The topological polar surface area (TPSA) is 68.5 Å². The number of aryl methyl sites for hydroxylation is 1. The number of halogens is 2. The molecule has 1 N–H and O–H groups in total. The van der Waals surface area contributed by atoms with Gasteiger partial charge in [-0.15, -0.1) is 0 Å². The van der Waals surface area contributed by atoms with Crippen LogP contribution < -0.4 is 5.56 Å². The summed E-state index contributed by atoms with van der Waals surface area (Å²) in [5.74, 6) is -4.17. The molecule has 0 amide bonds. The lowest BCUT2D eigenvalue weighted by molar-refractivity contribution is 0.0520. The van der Waals surface area contributed by atoms with E-state index in [0.717, 1.165) is 16.7 Å². The monoisotopic (exact) mass is 283 g/mol. The smallest absolute Gasteiger partial charge is 0.347 e. The number of benzene rings is 1. The Balaban J connectivity index is 2.92. The highest BCUT2D eigenvalue weighted by Crippen LogP contribution is 2.29. The number of pyridine rings is 1. The second kappa shape index (κ2) is 4.92. The highest BCUT2D eigenvalue weighted by Gasteiger charge is 2.24. The molecule has 5 nitrogen and oxygen atoms in total. The van der Waals surface area contributed by atoms with Crippen LogP contribution in [0.4, 0.5) is 8.78 Å². The molecular weight excluding hydrogens is 272 g/mol. The van der Waals surface area contributed by atoms with Gasteiger partial charge in [-0.1, -0.05) is 0 Å². The van der Waals surface area contributed by atoms with Crippen LogP contribution in [0.25, 0.3) is 10.9 Å². The van der Waals surface area contributed by atoms with Gasteiger partial charge in [-0.3, -0.25) is 4.79 Å². The highest BCUT2D eigenvalue weighted by molar-refractivity contribution is 5.99. The first-order valence-corrected chi connectivity index (χ1v) is 5.76. The Labute approximate surface area is 112 Å². The summed E-state index contributed by atoms with van der Waals surface area (Å²) in [5.41, 5.74) is -1.98. The second-order valence-electron chi connectivity index (χ2n) is 4.07. The van der Waals surface area contributed by atoms with E-state index in [9.17, 15) is 23.5 Å². The van der Waals surface area contributed by atoms with Crippen LogP contribution in [0.3, 0.4) is 0 Å². The van der Waals surface area contributed by atoms with Crippen LogP contribution in [-0.4, -0.2) is 22.2 Å². The molecule has 0 unspecified atom stereocenters. The first-order chi connectivity index (χ1) is 9.40. The number of rotatable bonds is 2. The Hall–Kier alpha value is -2.44. The molecule has 2 aromatic rings. The summed E-state index contributed by atoms with van der Waals surface area (Å²) in [6, 6.07) is 1.89. The highest BCUT2D eigenvalue weighted by atomic mass is 19.2. The van der Waals surface area contributed by atoms with Crippen molar-refractivity contribution in [2.45, 2.75) is 6.92 Å². The van der Waals surface area contributed by atoms with Crippen molar-refractivity contribution in [3.8, 4) is 5.75 Å². The minimum atomic E-state index is -1.27. The first-order valence-electron chi connectivity index (χ1n) is 5.76. The van der Waals surface area contributed by atoms with Gasteiger partial charge in [0.25, 0.3) is 5.56 Å². The average molecular weight is 283 g/mol. The number of hydrogen-bond donors (Lipinski definition) is 1. The zero-order valence-electron chi connectivity index (χ0n) is 10.7. The molecule has 0 aliphatic carbocycles. The fourth-order valence-electron chi connectivity index (χ4n) is 1.95. The van der Waals surface area contributed by atoms with Crippen molar-refractivity contribution in [3.63, 3.8) is 0 Å². The summed E-state index contributed by atoms with van der Waals surface area (Å²) in [7, 11) is 1.18. The molecule has 0 saturated heterocycles. The van der Waals surface area contributed by atoms with Gasteiger partial charge in [-0.2, -0.15) is 0 Å². The molecule has 20 heavy (non-hydrogen) atoms. The van der Waals surface area contributed by atoms with E-state index in [4.69, 9.17) is 0 Å². The van der Waals surface area contributed by atoms with Gasteiger partial charge in [-0.05, 0) is 19.1 Å². The van der Waals surface area contributed by atoms with Crippen molar-refractivity contribution in [1.82, 2.24) is 4.57 Å². The molecule has 1 aromatic carbocycles. The lowest BCUT2D eigenvalue weighted by Crippen LogP contribution is -2.26. The number of nitrogens with zero attached hydrogens (tertiary/aromatic N) is 1. The van der Waals surface area contributed by atoms with E-state index in [2.05, 4.69) is 4.74 Å². The summed E-state index contributed by atoms with van der Waals surface area (Å²) >= 11 is 0. The van der Waals surface area contributed by atoms with Crippen LogP contribution >= 0.6 is 0 Å². The van der Waals surface area contributed by atoms with Crippen molar-refractivity contribution >= 4 is 16.9 Å². The van der Waals surface area contributed by atoms with E-state index >= 15 is 0 Å². The molecule has 0 fully saturated rings. The minimum absolute atomic E-state index is 0.0112. The predicted octanol–water partition coefficient (Wildman–Crippen LogP) is 1.70. The summed E-state index contributed by atoms with van der Waals surface area (Å²) < 4.78 is 32.4. The summed E-state index contributed by atoms with van der Waals surface area (Å²) in [5, 5.41) is 9.82. The minimum Gasteiger partial charge on any atom is -0.506 e. The number of fused-ring (bicyclic) bond motifs is 1. The SMILES string of the molecule is CCOC(=O)c1c(O)c2ccc(F)c(F)c2n(C)c1=O. The number of aromatic hydroxyl groups is 1. The van der Waals surface area contributed by atoms with Crippen LogP contribution in [0.1, 0.15) is 17.3 Å². The van der Waals surface area contributed by atoms with Crippen molar-refractivity contribution in [1.29, 1.82) is 0 Å². The molecule has 1 aromatic heterocycles. The fourth-order valence-corrected chi connectivity index (χ4v) is 1.95. The van der Waals surface area contributed by atoms with Gasteiger partial charge in [0.15, 0.2) is 17.2 Å². The fraction of sp³-hybridized carbons (Fsp3) is 0.231. The van der Waals surface area contributed by atoms with Gasteiger partial charge in [0.05, 0.1) is 12.1 Å². The van der Waals surface area contributed by atoms with Crippen molar-refractivity contribution in [2.24, 2.45) is 7.05 Å². The van der Waals surface area contributed by atoms with Crippen LogP contribution in [0, 0.1) is 11.6 Å². The van der Waals surface area contributed by atoms with E-state index in [1.807, 2.05) is 0 Å². The molecule has 106 valence electrons. The Kier molecular flexibility index (Phi) is 3.44. The third-order valence-corrected chi connectivity index (χ3v) is 2.89. The largest absolute Gasteiger partial charge is 0.506 e. The van der Waals surface area contributed by atoms with Gasteiger partial charge >= 0.3 is 5.97 Å². The number of ether oxygens (including phenoxy) is 1. The second-order valence-corrected chi connectivity index (χ2v) is 4.07. The van der Waals surface area contributed by atoms with E-state index in [-0.39, 0.29) is 12.0 Å². The molecule has 0 saturated carbocycles. The molecule has 1 heterocycles. The number of esters is 1. The third kappa shape index (κ3) is 1.91. The zero-order chi connectivity index (χ0) is 15.0. The molecular formula is C13H11F2NO4. The quantitative estimate of drug-likeness (QED) is 0.852. The Bertz CT molecular complexity index is 767. The van der Waals surface area contributed by atoms with Crippen molar-refractivity contribution < 1.29 is 23.4 Å². The molecule has 0 radical (unpaired) electrons. The summed E-state index contributed by atoms with van der Waals surface area (Å²) in [4.78, 5) is 23.7. The van der Waals surface area contributed by atoms with E-state index in [1.165, 1.54) is 14.0 Å². The number of carbonyl (C=O) groups excluding carboxylic acids is 1. The lowest BCUT2D eigenvalue weighted by atomic mass is 10.1. The number of aromatic nitrogens is 1. The molecule has 0 atom stereocenters. The Morgan fingerprint density at radius 1 is 1.40 bits per heavy atom. The zero-order valence-corrected chi connectivity index (χ0v) is 10.7. The van der Waals surface area contributed by atoms with Crippen molar-refractivity contribution in [2.75, 3.05) is 6.61 Å². The normalized spacial score (nSPS) is 10.8. The average Bonchev–Trinajstić information content (AvgIpc) is 2.40. The van der Waals surface area contributed by atoms with Crippen LogP contribution in [0.5, 0.6) is 5.75 Å². The summed E-state index contributed by atoms with van der Waals surface area (Å²) in [6.07, 6.45) is 0. The van der Waals surface area contributed by atoms with Gasteiger partial charge in [0, 0.05) is 12.4 Å². The van der Waals surface area contributed by atoms with E-state index in [1.54, 1.807) is 0 Å². The van der Waals surface area contributed by atoms with Crippen molar-refractivity contribution in [3.05, 3.63) is 39.7 Å². The van der Waals surface area contributed by atoms with Gasteiger partial charge in [-0.25, -0.2) is 13.6 Å². The lowest BCUT2D eigenvalue weighted by Gasteiger charge is -2.11. The molecule has 2 rings (SSSR count). The van der Waals surface area contributed by atoms with Gasteiger partial charge in [0.1, 0.15) is 5.75 Å². The first kappa shape index (κ1) is 14.0. The maximum absolute atomic E-state index is 13.7. The molecule has 7 heteroatoms. The van der Waals surface area contributed by atoms with Crippen LogP contribution in [0.15, 0.2) is 16.9 Å². The summed E-state index contributed by atoms with van der Waals surface area (Å²) in [6.45, 7) is 1.55. The standard InChI is InChI=1S/C13H11F2NO4/c1-3-20-13(19)8-11(17)6-4-5-7(14)9(15)10(6)16(2)12(8)18/h4-5,17H,3H2,1-2H3. The number of hydrogen-bond acceptors (Lipinski definition) is 4. The third-order valence-electron chi connectivity index (χ3n) is 2.89. The Morgan fingerprint density at radius 2 is 2.05 bits per heavy atom. The van der Waals surface area contributed by atoms with E-state index in [0.29, 0.717) is 0 Å². The van der Waals surface area contributed by atoms with Crippen LogP contribution in [0.2, 0.25) is 0 Å². The maximum atomic E-state index is 13.7. The van der Waals surface area contributed by atoms with Gasteiger partial charge < -0.3 is 14.4 Å². The van der Waals surface area contributed by atoms with E-state index < -0.39 is 40.0 Å².